The predicted molar refractivity (Wildman–Crippen MR) is 95.9 cm³/mol. The Morgan fingerprint density at radius 2 is 1.84 bits per heavy atom. The summed E-state index contributed by atoms with van der Waals surface area (Å²) in [5.41, 5.74) is 2.32. The van der Waals surface area contributed by atoms with Crippen molar-refractivity contribution in [2.45, 2.75) is 25.2 Å². The summed E-state index contributed by atoms with van der Waals surface area (Å²) in [6.45, 7) is 2.01. The van der Waals surface area contributed by atoms with Crippen LogP contribution in [0, 0.1) is 6.92 Å². The molecule has 1 heterocycles. The van der Waals surface area contributed by atoms with E-state index < -0.39 is 16.1 Å². The first-order valence-corrected chi connectivity index (χ1v) is 9.68. The van der Waals surface area contributed by atoms with E-state index >= 15 is 0 Å². The van der Waals surface area contributed by atoms with Crippen LogP contribution in [0.1, 0.15) is 17.5 Å². The summed E-state index contributed by atoms with van der Waals surface area (Å²) in [4.78, 5) is 12.0. The fourth-order valence-electron chi connectivity index (χ4n) is 2.66. The topological polar surface area (TPSA) is 84.5 Å². The van der Waals surface area contributed by atoms with Crippen molar-refractivity contribution in [3.63, 3.8) is 0 Å². The lowest BCUT2D eigenvalue weighted by Crippen LogP contribution is -2.39. The quantitative estimate of drug-likeness (QED) is 0.827. The number of aryl methyl sites for hydroxylation is 1. The Labute approximate surface area is 147 Å². The van der Waals surface area contributed by atoms with Crippen molar-refractivity contribution in [2.24, 2.45) is 0 Å². The number of carbonyl (C=O) groups excluding carboxylic acids is 1. The number of ether oxygens (including phenoxy) is 1. The van der Waals surface area contributed by atoms with Crippen LogP contribution in [0.25, 0.3) is 0 Å². The molecule has 1 atom stereocenters. The number of hydrogen-bond donors (Lipinski definition) is 2. The van der Waals surface area contributed by atoms with E-state index in [4.69, 9.17) is 4.74 Å². The Balaban J connectivity index is 1.56. The number of sulfonamides is 1. The lowest BCUT2D eigenvalue weighted by molar-refractivity contribution is -0.123. The molecular formula is C18H20N2O4S. The van der Waals surface area contributed by atoms with E-state index in [1.54, 1.807) is 18.2 Å². The summed E-state index contributed by atoms with van der Waals surface area (Å²) in [5, 5.41) is 2.76. The number of benzene rings is 2. The summed E-state index contributed by atoms with van der Waals surface area (Å²) in [6.07, 6.45) is -0.455. The van der Waals surface area contributed by atoms with Gasteiger partial charge in [0.2, 0.25) is 10.0 Å². The summed E-state index contributed by atoms with van der Waals surface area (Å²) >= 11 is 0. The molecule has 0 aliphatic carbocycles. The van der Waals surface area contributed by atoms with Gasteiger partial charge in [-0.05, 0) is 30.2 Å². The van der Waals surface area contributed by atoms with Crippen molar-refractivity contribution in [3.8, 4) is 5.75 Å². The summed E-state index contributed by atoms with van der Waals surface area (Å²) in [5.74, 6) is 0.243. The molecule has 0 aromatic heterocycles. The molecule has 2 aromatic rings. The Bertz CT molecular complexity index is 880. The number of hydrogen-bond acceptors (Lipinski definition) is 4. The molecule has 7 heteroatoms. The number of carbonyl (C=O) groups is 1. The number of nitrogens with one attached hydrogen (secondary N) is 2. The number of fused-ring (bicyclic) bond motifs is 1. The molecule has 1 unspecified atom stereocenters. The van der Waals surface area contributed by atoms with Crippen LogP contribution in [-0.2, 0) is 20.6 Å². The highest BCUT2D eigenvalue weighted by molar-refractivity contribution is 7.88. The van der Waals surface area contributed by atoms with Gasteiger partial charge in [0.15, 0.2) is 6.10 Å². The molecule has 25 heavy (non-hydrogen) atoms. The van der Waals surface area contributed by atoms with Gasteiger partial charge in [-0.1, -0.05) is 36.4 Å². The third-order valence-corrected chi connectivity index (χ3v) is 5.38. The molecule has 1 aliphatic heterocycles. The van der Waals surface area contributed by atoms with E-state index in [0.717, 1.165) is 11.1 Å². The van der Waals surface area contributed by atoms with Crippen molar-refractivity contribution >= 4 is 21.6 Å². The normalized spacial score (nSPS) is 16.7. The van der Waals surface area contributed by atoms with Crippen LogP contribution < -0.4 is 14.8 Å². The Kier molecular flexibility index (Phi) is 5.06. The van der Waals surface area contributed by atoms with E-state index in [1.165, 1.54) is 0 Å². The van der Waals surface area contributed by atoms with Crippen LogP contribution in [-0.4, -0.2) is 27.0 Å². The van der Waals surface area contributed by atoms with Gasteiger partial charge in [-0.3, -0.25) is 4.79 Å². The van der Waals surface area contributed by atoms with E-state index in [9.17, 15) is 13.2 Å². The lowest BCUT2D eigenvalue weighted by atomic mass is 10.1. The Hall–Kier alpha value is -2.38. The van der Waals surface area contributed by atoms with E-state index in [2.05, 4.69) is 10.0 Å². The van der Waals surface area contributed by atoms with Crippen LogP contribution in [0.2, 0.25) is 0 Å². The maximum Gasteiger partial charge on any atom is 0.265 e. The van der Waals surface area contributed by atoms with Gasteiger partial charge in [0.1, 0.15) is 5.75 Å². The molecular weight excluding hydrogens is 340 g/mol. The van der Waals surface area contributed by atoms with Gasteiger partial charge in [0.05, 0.1) is 11.4 Å². The second-order valence-electron chi connectivity index (χ2n) is 5.96. The minimum absolute atomic E-state index is 0.0831. The van der Waals surface area contributed by atoms with Crippen LogP contribution in [0.4, 0.5) is 5.69 Å². The summed E-state index contributed by atoms with van der Waals surface area (Å²) in [6, 6.07) is 14.5. The number of para-hydroxylation sites is 2. The zero-order valence-corrected chi connectivity index (χ0v) is 14.7. The maximum atomic E-state index is 12.2. The van der Waals surface area contributed by atoms with Crippen molar-refractivity contribution in [2.75, 3.05) is 11.9 Å². The third kappa shape index (κ3) is 4.37. The minimum atomic E-state index is -3.47. The Morgan fingerprint density at radius 3 is 2.64 bits per heavy atom. The van der Waals surface area contributed by atoms with E-state index in [1.807, 2.05) is 37.3 Å². The minimum Gasteiger partial charge on any atom is -0.478 e. The largest absolute Gasteiger partial charge is 0.478 e. The van der Waals surface area contributed by atoms with Gasteiger partial charge in [0, 0.05) is 13.0 Å². The Morgan fingerprint density at radius 1 is 1.12 bits per heavy atom. The molecule has 1 aliphatic rings. The SMILES string of the molecule is Cc1ccccc1CS(=O)(=O)NCCC1Oc2ccccc2NC1=O. The van der Waals surface area contributed by atoms with Gasteiger partial charge < -0.3 is 10.1 Å². The molecule has 6 nitrogen and oxygen atoms in total. The molecule has 0 saturated heterocycles. The molecule has 0 fully saturated rings. The standard InChI is InChI=1S/C18H20N2O4S/c1-13-6-2-3-7-14(13)12-25(22,23)19-11-10-17-18(21)20-15-8-4-5-9-16(15)24-17/h2-9,17,19H,10-12H2,1H3,(H,20,21). The summed E-state index contributed by atoms with van der Waals surface area (Å²) in [7, 11) is -3.47. The van der Waals surface area contributed by atoms with Crippen LogP contribution in [0.15, 0.2) is 48.5 Å². The van der Waals surface area contributed by atoms with Crippen molar-refractivity contribution in [3.05, 3.63) is 59.7 Å². The fraction of sp³-hybridized carbons (Fsp3) is 0.278. The highest BCUT2D eigenvalue weighted by Gasteiger charge is 2.27. The second-order valence-corrected chi connectivity index (χ2v) is 7.77. The van der Waals surface area contributed by atoms with E-state index in [0.29, 0.717) is 11.4 Å². The average molecular weight is 360 g/mol. The molecule has 0 bridgehead atoms. The smallest absolute Gasteiger partial charge is 0.265 e. The van der Waals surface area contributed by atoms with Gasteiger partial charge >= 0.3 is 0 Å². The zero-order valence-electron chi connectivity index (χ0n) is 13.9. The van der Waals surface area contributed by atoms with Crippen molar-refractivity contribution < 1.29 is 17.9 Å². The lowest BCUT2D eigenvalue weighted by Gasteiger charge is -2.25. The molecule has 2 N–H and O–H groups in total. The molecule has 132 valence electrons. The first-order chi connectivity index (χ1) is 11.9. The highest BCUT2D eigenvalue weighted by Crippen LogP contribution is 2.29. The molecule has 1 amide bonds. The number of anilines is 1. The molecule has 0 saturated carbocycles. The number of amides is 1. The van der Waals surface area contributed by atoms with Gasteiger partial charge in [0.25, 0.3) is 5.91 Å². The predicted octanol–water partition coefficient (Wildman–Crippen LogP) is 2.20. The highest BCUT2D eigenvalue weighted by atomic mass is 32.2. The first-order valence-electron chi connectivity index (χ1n) is 8.03. The van der Waals surface area contributed by atoms with Gasteiger partial charge in [-0.15, -0.1) is 0 Å². The monoisotopic (exact) mass is 360 g/mol. The van der Waals surface area contributed by atoms with Crippen LogP contribution >= 0.6 is 0 Å². The zero-order chi connectivity index (χ0) is 17.9. The second kappa shape index (κ2) is 7.25. The average Bonchev–Trinajstić information content (AvgIpc) is 2.57. The molecule has 3 rings (SSSR count). The third-order valence-electron chi connectivity index (χ3n) is 4.04. The summed E-state index contributed by atoms with van der Waals surface area (Å²) < 4.78 is 32.6. The number of rotatable bonds is 6. The van der Waals surface area contributed by atoms with Crippen molar-refractivity contribution in [1.29, 1.82) is 0 Å². The molecule has 0 radical (unpaired) electrons. The van der Waals surface area contributed by atoms with Gasteiger partial charge in [-0.2, -0.15) is 0 Å². The fourth-order valence-corrected chi connectivity index (χ4v) is 3.92. The van der Waals surface area contributed by atoms with Crippen LogP contribution in [0.3, 0.4) is 0 Å². The van der Waals surface area contributed by atoms with Crippen LogP contribution in [0.5, 0.6) is 5.75 Å². The van der Waals surface area contributed by atoms with E-state index in [-0.39, 0.29) is 24.6 Å². The van der Waals surface area contributed by atoms with Crippen molar-refractivity contribution in [1.82, 2.24) is 4.72 Å². The first kappa shape index (κ1) is 17.4. The molecule has 0 spiro atoms. The van der Waals surface area contributed by atoms with Gasteiger partial charge in [-0.25, -0.2) is 13.1 Å². The molecule has 2 aromatic carbocycles. The maximum absolute atomic E-state index is 12.2.